The van der Waals surface area contributed by atoms with Crippen molar-refractivity contribution in [2.24, 2.45) is 5.10 Å². The van der Waals surface area contributed by atoms with Gasteiger partial charge in [-0.15, -0.1) is 0 Å². The number of anilines is 1. The molecule has 0 bridgehead atoms. The molecule has 0 atom stereocenters. The zero-order valence-electron chi connectivity index (χ0n) is 8.40. The largest absolute Gasteiger partial charge is 0.478 e. The molecule has 0 fully saturated rings. The summed E-state index contributed by atoms with van der Waals surface area (Å²) in [5.41, 5.74) is 2.76. The zero-order chi connectivity index (χ0) is 12.1. The van der Waals surface area contributed by atoms with Gasteiger partial charge in [-0.25, -0.2) is 4.79 Å². The Kier molecular flexibility index (Phi) is 4.02. The Morgan fingerprint density at radius 3 is 2.56 bits per heavy atom. The molecule has 1 aromatic carbocycles. The number of Topliss-reactive ketones (excluding diaryl/α,β-unsaturated/α-hetero) is 1. The quantitative estimate of drug-likeness (QED) is 0.623. The first kappa shape index (κ1) is 12.2. The molecule has 0 heterocycles. The maximum atomic E-state index is 10.8. The Hall–Kier alpha value is -1.88. The second-order valence-corrected chi connectivity index (χ2v) is 3.28. The molecule has 0 aliphatic heterocycles. The number of nitrogens with zero attached hydrogens (tertiary/aromatic N) is 1. The van der Waals surface area contributed by atoms with Crippen molar-refractivity contribution in [1.29, 1.82) is 0 Å². The Balaban J connectivity index is 2.94. The van der Waals surface area contributed by atoms with Crippen LogP contribution in [0.15, 0.2) is 29.4 Å². The van der Waals surface area contributed by atoms with Crippen LogP contribution in [0.3, 0.4) is 0 Å². The fraction of sp³-hybridized carbons (Fsp3) is 0.100. The van der Waals surface area contributed by atoms with Crippen molar-refractivity contribution in [1.82, 2.24) is 0 Å². The third-order valence-electron chi connectivity index (χ3n) is 1.72. The minimum Gasteiger partial charge on any atom is -0.478 e. The lowest BCUT2D eigenvalue weighted by Gasteiger charge is -2.04. The van der Waals surface area contributed by atoms with Crippen LogP contribution in [0.4, 0.5) is 5.69 Å². The predicted octanol–water partition coefficient (Wildman–Crippen LogP) is 1.94. The topological polar surface area (TPSA) is 78.8 Å². The van der Waals surface area contributed by atoms with E-state index in [4.69, 9.17) is 16.7 Å². The van der Waals surface area contributed by atoms with E-state index in [-0.39, 0.29) is 16.4 Å². The number of carboxylic acids is 1. The van der Waals surface area contributed by atoms with E-state index in [1.807, 2.05) is 0 Å². The van der Waals surface area contributed by atoms with E-state index in [0.29, 0.717) is 0 Å². The first-order valence-electron chi connectivity index (χ1n) is 4.35. The van der Waals surface area contributed by atoms with Gasteiger partial charge >= 0.3 is 5.97 Å². The summed E-state index contributed by atoms with van der Waals surface area (Å²) >= 11 is 5.49. The number of ketones is 1. The number of benzene rings is 1. The number of nitrogens with one attached hydrogen (secondary N) is 1. The lowest BCUT2D eigenvalue weighted by molar-refractivity contribution is -0.110. The van der Waals surface area contributed by atoms with E-state index < -0.39 is 11.8 Å². The highest BCUT2D eigenvalue weighted by Crippen LogP contribution is 2.14. The molecule has 2 N–H and O–H groups in total. The summed E-state index contributed by atoms with van der Waals surface area (Å²) < 4.78 is 0. The van der Waals surface area contributed by atoms with Crippen molar-refractivity contribution in [3.8, 4) is 0 Å². The number of hydrogen-bond acceptors (Lipinski definition) is 4. The van der Waals surface area contributed by atoms with Crippen molar-refractivity contribution in [2.75, 3.05) is 5.43 Å². The van der Waals surface area contributed by atoms with E-state index in [1.54, 1.807) is 12.1 Å². The molecule has 0 aromatic heterocycles. The zero-order valence-corrected chi connectivity index (χ0v) is 9.15. The van der Waals surface area contributed by atoms with E-state index in [1.165, 1.54) is 19.1 Å². The Labute approximate surface area is 96.7 Å². The number of hydrogen-bond donors (Lipinski definition) is 2. The van der Waals surface area contributed by atoms with Gasteiger partial charge in [0.1, 0.15) is 0 Å². The minimum atomic E-state index is -1.09. The van der Waals surface area contributed by atoms with E-state index in [2.05, 4.69) is 10.5 Å². The third-order valence-corrected chi connectivity index (χ3v) is 2.07. The first-order valence-corrected chi connectivity index (χ1v) is 4.72. The lowest BCUT2D eigenvalue weighted by Crippen LogP contribution is -2.07. The van der Waals surface area contributed by atoms with E-state index >= 15 is 0 Å². The Morgan fingerprint density at radius 2 is 2.00 bits per heavy atom. The van der Waals surface area contributed by atoms with Crippen LogP contribution >= 0.6 is 11.6 Å². The highest BCUT2D eigenvalue weighted by molar-refractivity contribution is 6.82. The number of carbonyl (C=O) groups is 2. The molecule has 5 nitrogen and oxygen atoms in total. The summed E-state index contributed by atoms with van der Waals surface area (Å²) in [6.45, 7) is 1.26. The maximum Gasteiger partial charge on any atom is 0.337 e. The highest BCUT2D eigenvalue weighted by atomic mass is 35.5. The molecule has 84 valence electrons. The van der Waals surface area contributed by atoms with Crippen LogP contribution < -0.4 is 5.43 Å². The minimum absolute atomic E-state index is 0.0549. The van der Waals surface area contributed by atoms with Crippen LogP contribution in [-0.2, 0) is 4.79 Å². The van der Waals surface area contributed by atoms with Crippen LogP contribution in [0.2, 0.25) is 0 Å². The second-order valence-electron chi connectivity index (χ2n) is 2.92. The molecule has 1 rings (SSSR count). The normalized spacial score (nSPS) is 11.0. The number of rotatable bonds is 4. The van der Waals surface area contributed by atoms with Gasteiger partial charge in [0, 0.05) is 6.92 Å². The number of para-hydroxylation sites is 1. The molecule has 0 aliphatic rings. The van der Waals surface area contributed by atoms with Gasteiger partial charge in [0.25, 0.3) is 0 Å². The predicted molar refractivity (Wildman–Crippen MR) is 61.0 cm³/mol. The molecule has 0 spiro atoms. The highest BCUT2D eigenvalue weighted by Gasteiger charge is 2.08. The van der Waals surface area contributed by atoms with Gasteiger partial charge in [-0.05, 0) is 12.1 Å². The monoisotopic (exact) mass is 240 g/mol. The number of hydrazone groups is 1. The van der Waals surface area contributed by atoms with E-state index in [9.17, 15) is 9.59 Å². The van der Waals surface area contributed by atoms with Crippen molar-refractivity contribution in [3.63, 3.8) is 0 Å². The molecule has 1 aromatic rings. The third kappa shape index (κ3) is 3.06. The van der Waals surface area contributed by atoms with Crippen LogP contribution in [-0.4, -0.2) is 22.0 Å². The van der Waals surface area contributed by atoms with Gasteiger partial charge in [0.15, 0.2) is 11.0 Å². The van der Waals surface area contributed by atoms with Gasteiger partial charge < -0.3 is 5.11 Å². The fourth-order valence-electron chi connectivity index (χ4n) is 0.955. The molecule has 0 aliphatic carbocycles. The number of carboxylic acid groups (broad SMARTS) is 1. The van der Waals surface area contributed by atoms with Gasteiger partial charge in [-0.1, -0.05) is 23.7 Å². The summed E-state index contributed by atoms with van der Waals surface area (Å²) in [6, 6.07) is 6.18. The second kappa shape index (κ2) is 5.27. The summed E-state index contributed by atoms with van der Waals surface area (Å²) in [7, 11) is 0. The number of aromatic carboxylic acids is 1. The molecular weight excluding hydrogens is 232 g/mol. The summed E-state index contributed by atoms with van der Waals surface area (Å²) in [5.74, 6) is -1.49. The standard InChI is InChI=1S/C10H9ClN2O3/c1-6(14)9(11)13-12-8-5-3-2-4-7(8)10(15)16/h2-5,12H,1H3,(H,15,16)/b13-9+. The molecule has 0 radical (unpaired) electrons. The summed E-state index contributed by atoms with van der Waals surface area (Å²) in [4.78, 5) is 21.6. The molecular formula is C10H9ClN2O3. The summed E-state index contributed by atoms with van der Waals surface area (Å²) in [6.07, 6.45) is 0. The van der Waals surface area contributed by atoms with Gasteiger partial charge in [-0.3, -0.25) is 10.2 Å². The van der Waals surface area contributed by atoms with Gasteiger partial charge in [0.2, 0.25) is 0 Å². The van der Waals surface area contributed by atoms with Crippen molar-refractivity contribution < 1.29 is 14.7 Å². The smallest absolute Gasteiger partial charge is 0.337 e. The molecule has 0 saturated carbocycles. The molecule has 16 heavy (non-hydrogen) atoms. The average Bonchev–Trinajstić information content (AvgIpc) is 2.25. The molecule has 0 saturated heterocycles. The lowest BCUT2D eigenvalue weighted by atomic mass is 10.2. The maximum absolute atomic E-state index is 10.8. The van der Waals surface area contributed by atoms with Crippen LogP contribution in [0.25, 0.3) is 0 Å². The van der Waals surface area contributed by atoms with Crippen LogP contribution in [0, 0.1) is 0 Å². The molecule has 0 amide bonds. The molecule has 0 unspecified atom stereocenters. The van der Waals surface area contributed by atoms with Crippen molar-refractivity contribution >= 4 is 34.2 Å². The van der Waals surface area contributed by atoms with Gasteiger partial charge in [-0.2, -0.15) is 5.10 Å². The number of carbonyl (C=O) groups excluding carboxylic acids is 1. The summed E-state index contributed by atoms with van der Waals surface area (Å²) in [5, 5.41) is 12.2. The van der Waals surface area contributed by atoms with E-state index in [0.717, 1.165) is 0 Å². The van der Waals surface area contributed by atoms with Crippen molar-refractivity contribution in [2.45, 2.75) is 6.92 Å². The van der Waals surface area contributed by atoms with Gasteiger partial charge in [0.05, 0.1) is 11.3 Å². The fourth-order valence-corrected chi connectivity index (χ4v) is 0.997. The van der Waals surface area contributed by atoms with Crippen molar-refractivity contribution in [3.05, 3.63) is 29.8 Å². The van der Waals surface area contributed by atoms with Crippen LogP contribution in [0.1, 0.15) is 17.3 Å². The van der Waals surface area contributed by atoms with Crippen LogP contribution in [0.5, 0.6) is 0 Å². The average molecular weight is 241 g/mol. The number of halogens is 1. The SMILES string of the molecule is CC(=O)/C(Cl)=N\Nc1ccccc1C(=O)O. The molecule has 6 heteroatoms. The Morgan fingerprint density at radius 1 is 1.38 bits per heavy atom. The first-order chi connectivity index (χ1) is 7.52. The Bertz CT molecular complexity index is 457.